The van der Waals surface area contributed by atoms with Gasteiger partial charge in [0.1, 0.15) is 6.07 Å². The van der Waals surface area contributed by atoms with Gasteiger partial charge in [0, 0.05) is 18.3 Å². The van der Waals surface area contributed by atoms with Crippen LogP contribution in [-0.4, -0.2) is 23.4 Å². The van der Waals surface area contributed by atoms with Crippen LogP contribution in [0.3, 0.4) is 0 Å². The molecule has 0 atom stereocenters. The molecule has 0 aliphatic heterocycles. The number of nitro benzene ring substituents is 1. The summed E-state index contributed by atoms with van der Waals surface area (Å²) in [4.78, 5) is 33.0. The Morgan fingerprint density at radius 3 is 2.57 bits per heavy atom. The molecule has 0 fully saturated rings. The number of ether oxygens (including phenoxy) is 1. The average Bonchev–Trinajstić information content (AvgIpc) is 2.52. The van der Waals surface area contributed by atoms with Crippen molar-refractivity contribution in [3.8, 4) is 6.07 Å². The van der Waals surface area contributed by atoms with Gasteiger partial charge in [0.25, 0.3) is 5.69 Å². The summed E-state index contributed by atoms with van der Waals surface area (Å²) in [6.07, 6.45) is 0.992. The monoisotopic (exact) mass is 318 g/mol. The largest absolute Gasteiger partial charge is 0.462 e. The van der Waals surface area contributed by atoms with Crippen LogP contribution in [0.25, 0.3) is 0 Å². The van der Waals surface area contributed by atoms with Gasteiger partial charge < -0.3 is 10.2 Å². The highest BCUT2D eigenvalue weighted by atomic mass is 16.6. The number of nitrogens with one attached hydrogen (secondary N) is 2. The first-order valence-electron chi connectivity index (χ1n) is 6.53. The van der Waals surface area contributed by atoms with Gasteiger partial charge in [0.05, 0.1) is 18.0 Å². The summed E-state index contributed by atoms with van der Waals surface area (Å²) < 4.78 is 4.64. The Morgan fingerprint density at radius 2 is 2.04 bits per heavy atom. The van der Waals surface area contributed by atoms with Gasteiger partial charge in [-0.05, 0) is 12.5 Å². The first-order valence-corrected chi connectivity index (χ1v) is 6.53. The molecule has 0 unspecified atom stereocenters. The van der Waals surface area contributed by atoms with Gasteiger partial charge >= 0.3 is 5.97 Å². The Kier molecular flexibility index (Phi) is 6.74. The van der Waals surface area contributed by atoms with Crippen molar-refractivity contribution in [1.29, 1.82) is 5.26 Å². The maximum absolute atomic E-state index is 11.7. The number of nitro groups is 1. The maximum Gasteiger partial charge on any atom is 0.350 e. The van der Waals surface area contributed by atoms with E-state index in [1.807, 2.05) is 0 Å². The maximum atomic E-state index is 11.7. The van der Waals surface area contributed by atoms with E-state index in [2.05, 4.69) is 15.6 Å². The van der Waals surface area contributed by atoms with Crippen molar-refractivity contribution in [3.05, 3.63) is 51.7 Å². The SMILES string of the molecule is CCOC(=O)/C(C#N)=C/NNC(=O)Cc1ccc([N+](=O)[O-])cc1. The Morgan fingerprint density at radius 1 is 1.39 bits per heavy atom. The molecule has 0 aliphatic rings. The van der Waals surface area contributed by atoms with Gasteiger partial charge in [-0.15, -0.1) is 0 Å². The van der Waals surface area contributed by atoms with Gasteiger partial charge in [-0.3, -0.25) is 20.3 Å². The molecule has 1 amide bonds. The van der Waals surface area contributed by atoms with Crippen LogP contribution in [0.1, 0.15) is 12.5 Å². The summed E-state index contributed by atoms with van der Waals surface area (Å²) >= 11 is 0. The lowest BCUT2D eigenvalue weighted by atomic mass is 10.1. The second-order valence-corrected chi connectivity index (χ2v) is 4.18. The summed E-state index contributed by atoms with van der Waals surface area (Å²) in [7, 11) is 0. The Hall–Kier alpha value is -3.41. The molecular weight excluding hydrogens is 304 g/mol. The highest BCUT2D eigenvalue weighted by Gasteiger charge is 2.10. The highest BCUT2D eigenvalue weighted by Crippen LogP contribution is 2.12. The smallest absolute Gasteiger partial charge is 0.350 e. The minimum atomic E-state index is -0.799. The van der Waals surface area contributed by atoms with E-state index in [4.69, 9.17) is 5.26 Å². The van der Waals surface area contributed by atoms with Crippen molar-refractivity contribution in [3.63, 3.8) is 0 Å². The quantitative estimate of drug-likeness (QED) is 0.249. The molecule has 0 heterocycles. The number of esters is 1. The van der Waals surface area contributed by atoms with E-state index in [0.717, 1.165) is 6.20 Å². The van der Waals surface area contributed by atoms with Crippen molar-refractivity contribution in [2.24, 2.45) is 0 Å². The van der Waals surface area contributed by atoms with E-state index in [-0.39, 0.29) is 24.3 Å². The van der Waals surface area contributed by atoms with E-state index < -0.39 is 16.8 Å². The summed E-state index contributed by atoms with van der Waals surface area (Å²) in [5, 5.41) is 19.3. The molecule has 0 saturated heterocycles. The van der Waals surface area contributed by atoms with Crippen LogP contribution in [0.2, 0.25) is 0 Å². The summed E-state index contributed by atoms with van der Waals surface area (Å²) in [5.41, 5.74) is 4.82. The molecule has 0 bridgehead atoms. The molecule has 0 spiro atoms. The van der Waals surface area contributed by atoms with Crippen LogP contribution < -0.4 is 10.9 Å². The van der Waals surface area contributed by atoms with E-state index in [9.17, 15) is 19.7 Å². The fraction of sp³-hybridized carbons (Fsp3) is 0.214. The number of amides is 1. The lowest BCUT2D eigenvalue weighted by Gasteiger charge is -2.05. The van der Waals surface area contributed by atoms with Crippen LogP contribution in [0.15, 0.2) is 36.0 Å². The minimum absolute atomic E-state index is 0.0277. The molecule has 1 aromatic carbocycles. The van der Waals surface area contributed by atoms with Crippen LogP contribution in [0.5, 0.6) is 0 Å². The van der Waals surface area contributed by atoms with Gasteiger partial charge in [-0.25, -0.2) is 4.79 Å². The lowest BCUT2D eigenvalue weighted by molar-refractivity contribution is -0.384. The summed E-state index contributed by atoms with van der Waals surface area (Å²) in [6.45, 7) is 1.73. The summed E-state index contributed by atoms with van der Waals surface area (Å²) in [5.74, 6) is -1.25. The van der Waals surface area contributed by atoms with Gasteiger partial charge in [0.15, 0.2) is 5.57 Å². The second kappa shape index (κ2) is 8.78. The Balaban J connectivity index is 2.52. The van der Waals surface area contributed by atoms with E-state index in [1.165, 1.54) is 24.3 Å². The molecule has 23 heavy (non-hydrogen) atoms. The van der Waals surface area contributed by atoms with Gasteiger partial charge in [-0.2, -0.15) is 5.26 Å². The van der Waals surface area contributed by atoms with Crippen molar-refractivity contribution in [2.75, 3.05) is 6.61 Å². The number of benzene rings is 1. The molecule has 9 nitrogen and oxygen atoms in total. The van der Waals surface area contributed by atoms with Crippen molar-refractivity contribution in [2.45, 2.75) is 13.3 Å². The molecular formula is C14H14N4O5. The molecule has 120 valence electrons. The molecule has 0 aliphatic carbocycles. The third-order valence-electron chi connectivity index (χ3n) is 2.56. The number of carbonyl (C=O) groups excluding carboxylic acids is 2. The molecule has 9 heteroatoms. The first kappa shape index (κ1) is 17.6. The van der Waals surface area contributed by atoms with Crippen molar-refractivity contribution < 1.29 is 19.2 Å². The fourth-order valence-corrected chi connectivity index (χ4v) is 1.50. The van der Waals surface area contributed by atoms with E-state index in [1.54, 1.807) is 13.0 Å². The number of hydrazine groups is 1. The van der Waals surface area contributed by atoms with E-state index in [0.29, 0.717) is 5.56 Å². The number of nitrogens with zero attached hydrogens (tertiary/aromatic N) is 2. The average molecular weight is 318 g/mol. The molecule has 2 N–H and O–H groups in total. The molecule has 0 saturated carbocycles. The topological polar surface area (TPSA) is 134 Å². The standard InChI is InChI=1S/C14H14N4O5/c1-2-23-14(20)11(8-15)9-16-17-13(19)7-10-3-5-12(6-4-10)18(21)22/h3-6,9,16H,2,7H2,1H3,(H,17,19)/b11-9+. The molecule has 1 aromatic rings. The summed E-state index contributed by atoms with van der Waals surface area (Å²) in [6, 6.07) is 7.16. The molecule has 1 rings (SSSR count). The second-order valence-electron chi connectivity index (χ2n) is 4.18. The predicted octanol–water partition coefficient (Wildman–Crippen LogP) is 0.729. The van der Waals surface area contributed by atoms with E-state index >= 15 is 0 Å². The number of rotatable bonds is 7. The van der Waals surface area contributed by atoms with Crippen LogP contribution >= 0.6 is 0 Å². The number of hydrogen-bond donors (Lipinski definition) is 2. The molecule has 0 aromatic heterocycles. The lowest BCUT2D eigenvalue weighted by Crippen LogP contribution is -2.35. The third kappa shape index (κ3) is 5.84. The van der Waals surface area contributed by atoms with Crippen molar-refractivity contribution >= 4 is 17.6 Å². The number of carbonyl (C=O) groups is 2. The van der Waals surface area contributed by atoms with Gasteiger partial charge in [0.2, 0.25) is 5.91 Å². The third-order valence-corrected chi connectivity index (χ3v) is 2.56. The zero-order valence-corrected chi connectivity index (χ0v) is 12.2. The molecule has 0 radical (unpaired) electrons. The van der Waals surface area contributed by atoms with Crippen molar-refractivity contribution in [1.82, 2.24) is 10.9 Å². The van der Waals surface area contributed by atoms with Crippen LogP contribution in [0, 0.1) is 21.4 Å². The first-order chi connectivity index (χ1) is 11.0. The Labute approximate surface area is 131 Å². The highest BCUT2D eigenvalue weighted by molar-refractivity contribution is 5.92. The Bertz CT molecular complexity index is 661. The van der Waals surface area contributed by atoms with Gasteiger partial charge in [-0.1, -0.05) is 12.1 Å². The fourth-order valence-electron chi connectivity index (χ4n) is 1.50. The minimum Gasteiger partial charge on any atom is -0.462 e. The van der Waals surface area contributed by atoms with Crippen LogP contribution in [0.4, 0.5) is 5.69 Å². The van der Waals surface area contributed by atoms with Crippen LogP contribution in [-0.2, 0) is 20.7 Å². The normalized spacial score (nSPS) is 10.3. The number of hydrogen-bond acceptors (Lipinski definition) is 7. The predicted molar refractivity (Wildman–Crippen MR) is 78.4 cm³/mol. The number of nitriles is 1. The number of non-ortho nitro benzene ring substituents is 1. The zero-order valence-electron chi connectivity index (χ0n) is 12.2. The zero-order chi connectivity index (χ0) is 17.2.